The molecule has 1 aromatic rings. The highest BCUT2D eigenvalue weighted by Crippen LogP contribution is 2.17. The summed E-state index contributed by atoms with van der Waals surface area (Å²) < 4.78 is 0. The zero-order valence-electron chi connectivity index (χ0n) is 10.5. The second kappa shape index (κ2) is 6.39. The maximum Gasteiger partial charge on any atom is 0.0450 e. The van der Waals surface area contributed by atoms with Gasteiger partial charge < -0.3 is 5.32 Å². The SMILES string of the molecule is CCN1CCC[C@@H]1CNCc1ccccc1Cl. The first-order valence-corrected chi connectivity index (χ1v) is 6.87. The van der Waals surface area contributed by atoms with E-state index in [1.807, 2.05) is 18.2 Å². The molecular formula is C14H21ClN2. The number of halogens is 1. The second-order valence-corrected chi connectivity index (χ2v) is 5.05. The first-order chi connectivity index (χ1) is 8.31. The molecule has 0 unspecified atom stereocenters. The Morgan fingerprint density at radius 3 is 3.00 bits per heavy atom. The Kier molecular flexibility index (Phi) is 4.84. The van der Waals surface area contributed by atoms with E-state index in [0.717, 1.165) is 18.1 Å². The quantitative estimate of drug-likeness (QED) is 0.867. The highest BCUT2D eigenvalue weighted by Gasteiger charge is 2.21. The molecule has 2 rings (SSSR count). The minimum absolute atomic E-state index is 0.711. The molecule has 0 saturated carbocycles. The Morgan fingerprint density at radius 2 is 2.24 bits per heavy atom. The highest BCUT2D eigenvalue weighted by molar-refractivity contribution is 6.31. The molecule has 17 heavy (non-hydrogen) atoms. The van der Waals surface area contributed by atoms with E-state index in [1.165, 1.54) is 31.5 Å². The topological polar surface area (TPSA) is 15.3 Å². The van der Waals surface area contributed by atoms with Gasteiger partial charge in [0.2, 0.25) is 0 Å². The summed E-state index contributed by atoms with van der Waals surface area (Å²) in [7, 11) is 0. The number of nitrogens with zero attached hydrogens (tertiary/aromatic N) is 1. The largest absolute Gasteiger partial charge is 0.311 e. The average Bonchev–Trinajstić information content (AvgIpc) is 2.79. The van der Waals surface area contributed by atoms with Gasteiger partial charge in [0.25, 0.3) is 0 Å². The molecule has 0 bridgehead atoms. The van der Waals surface area contributed by atoms with Crippen LogP contribution in [0.15, 0.2) is 24.3 Å². The van der Waals surface area contributed by atoms with Gasteiger partial charge in [-0.2, -0.15) is 0 Å². The number of hydrogen-bond donors (Lipinski definition) is 1. The number of likely N-dealkylation sites (tertiary alicyclic amines) is 1. The van der Waals surface area contributed by atoms with E-state index in [0.29, 0.717) is 6.04 Å². The molecule has 94 valence electrons. The molecule has 2 nitrogen and oxygen atoms in total. The van der Waals surface area contributed by atoms with Gasteiger partial charge in [0.1, 0.15) is 0 Å². The standard InChI is InChI=1S/C14H21ClN2/c1-2-17-9-5-7-13(17)11-16-10-12-6-3-4-8-14(12)15/h3-4,6,8,13,16H,2,5,7,9-11H2,1H3/t13-/m1/s1. The summed E-state index contributed by atoms with van der Waals surface area (Å²) in [5.41, 5.74) is 1.19. The van der Waals surface area contributed by atoms with E-state index < -0.39 is 0 Å². The van der Waals surface area contributed by atoms with E-state index in [1.54, 1.807) is 0 Å². The van der Waals surface area contributed by atoms with Crippen LogP contribution in [0, 0.1) is 0 Å². The molecule has 0 aliphatic carbocycles. The minimum Gasteiger partial charge on any atom is -0.311 e. The fraction of sp³-hybridized carbons (Fsp3) is 0.571. The Morgan fingerprint density at radius 1 is 1.41 bits per heavy atom. The Hall–Kier alpha value is -0.570. The third-order valence-electron chi connectivity index (χ3n) is 3.56. The van der Waals surface area contributed by atoms with Crippen molar-refractivity contribution in [3.63, 3.8) is 0 Å². The molecule has 0 spiro atoms. The van der Waals surface area contributed by atoms with Crippen LogP contribution in [0.5, 0.6) is 0 Å². The fourth-order valence-electron chi connectivity index (χ4n) is 2.56. The molecule has 3 heteroatoms. The number of rotatable bonds is 5. The molecule has 0 aromatic heterocycles. The summed E-state index contributed by atoms with van der Waals surface area (Å²) in [4.78, 5) is 2.56. The summed E-state index contributed by atoms with van der Waals surface area (Å²) in [5, 5.41) is 4.38. The van der Waals surface area contributed by atoms with E-state index in [9.17, 15) is 0 Å². The van der Waals surface area contributed by atoms with Gasteiger partial charge in [0.15, 0.2) is 0 Å². The van der Waals surface area contributed by atoms with Crippen molar-refractivity contribution < 1.29 is 0 Å². The van der Waals surface area contributed by atoms with E-state index >= 15 is 0 Å². The van der Waals surface area contributed by atoms with Crippen molar-refractivity contribution >= 4 is 11.6 Å². The fourth-order valence-corrected chi connectivity index (χ4v) is 2.76. The molecule has 1 aromatic carbocycles. The minimum atomic E-state index is 0.711. The van der Waals surface area contributed by atoms with Crippen LogP contribution in [0.2, 0.25) is 5.02 Å². The zero-order valence-corrected chi connectivity index (χ0v) is 11.2. The van der Waals surface area contributed by atoms with E-state index in [2.05, 4.69) is 23.2 Å². The zero-order chi connectivity index (χ0) is 12.1. The second-order valence-electron chi connectivity index (χ2n) is 4.65. The lowest BCUT2D eigenvalue weighted by atomic mass is 10.2. The van der Waals surface area contributed by atoms with Gasteiger partial charge in [-0.1, -0.05) is 36.7 Å². The molecule has 0 radical (unpaired) electrons. The van der Waals surface area contributed by atoms with Crippen LogP contribution in [0.1, 0.15) is 25.3 Å². The molecule has 1 atom stereocenters. The molecular weight excluding hydrogens is 232 g/mol. The van der Waals surface area contributed by atoms with Gasteiger partial charge in [-0.25, -0.2) is 0 Å². The predicted molar refractivity (Wildman–Crippen MR) is 73.4 cm³/mol. The van der Waals surface area contributed by atoms with Crippen molar-refractivity contribution in [3.8, 4) is 0 Å². The first-order valence-electron chi connectivity index (χ1n) is 6.49. The number of nitrogens with one attached hydrogen (secondary N) is 1. The Bertz CT molecular complexity index is 354. The number of likely N-dealkylation sites (N-methyl/N-ethyl adjacent to an activating group) is 1. The van der Waals surface area contributed by atoms with Crippen molar-refractivity contribution in [3.05, 3.63) is 34.9 Å². The molecule has 1 aliphatic heterocycles. The van der Waals surface area contributed by atoms with Crippen LogP contribution in [0.3, 0.4) is 0 Å². The lowest BCUT2D eigenvalue weighted by molar-refractivity contribution is 0.260. The van der Waals surface area contributed by atoms with Gasteiger partial charge in [0.05, 0.1) is 0 Å². The first kappa shape index (κ1) is 12.9. The van der Waals surface area contributed by atoms with Crippen LogP contribution in [0.25, 0.3) is 0 Å². The van der Waals surface area contributed by atoms with Gasteiger partial charge in [-0.15, -0.1) is 0 Å². The van der Waals surface area contributed by atoms with Crippen molar-refractivity contribution in [1.82, 2.24) is 10.2 Å². The Balaban J connectivity index is 1.78. The van der Waals surface area contributed by atoms with Gasteiger partial charge in [0, 0.05) is 24.2 Å². The third-order valence-corrected chi connectivity index (χ3v) is 3.93. The molecule has 0 amide bonds. The lowest BCUT2D eigenvalue weighted by Gasteiger charge is -2.23. The van der Waals surface area contributed by atoms with Crippen LogP contribution in [0.4, 0.5) is 0 Å². The summed E-state index contributed by atoms with van der Waals surface area (Å²) in [5.74, 6) is 0. The normalized spacial score (nSPS) is 20.9. The van der Waals surface area contributed by atoms with Crippen LogP contribution >= 0.6 is 11.6 Å². The highest BCUT2D eigenvalue weighted by atomic mass is 35.5. The van der Waals surface area contributed by atoms with E-state index in [4.69, 9.17) is 11.6 Å². The van der Waals surface area contributed by atoms with Crippen LogP contribution in [-0.2, 0) is 6.54 Å². The van der Waals surface area contributed by atoms with Gasteiger partial charge >= 0.3 is 0 Å². The summed E-state index contributed by atoms with van der Waals surface area (Å²) in [6.45, 7) is 6.60. The molecule has 1 fully saturated rings. The van der Waals surface area contributed by atoms with Gasteiger partial charge in [-0.3, -0.25) is 4.90 Å². The summed E-state index contributed by atoms with van der Waals surface area (Å²) in [6.07, 6.45) is 2.66. The summed E-state index contributed by atoms with van der Waals surface area (Å²) in [6, 6.07) is 8.76. The molecule has 1 aliphatic rings. The van der Waals surface area contributed by atoms with Crippen molar-refractivity contribution in [2.45, 2.75) is 32.4 Å². The van der Waals surface area contributed by atoms with Crippen molar-refractivity contribution in [1.29, 1.82) is 0 Å². The number of hydrogen-bond acceptors (Lipinski definition) is 2. The average molecular weight is 253 g/mol. The number of benzene rings is 1. The maximum absolute atomic E-state index is 6.13. The molecule has 1 saturated heterocycles. The van der Waals surface area contributed by atoms with Crippen molar-refractivity contribution in [2.24, 2.45) is 0 Å². The van der Waals surface area contributed by atoms with Crippen LogP contribution < -0.4 is 5.32 Å². The smallest absolute Gasteiger partial charge is 0.0450 e. The predicted octanol–water partition coefficient (Wildman–Crippen LogP) is 2.91. The summed E-state index contributed by atoms with van der Waals surface area (Å²) >= 11 is 6.13. The molecule has 1 N–H and O–H groups in total. The Labute approximate surface area is 109 Å². The van der Waals surface area contributed by atoms with Crippen LogP contribution in [-0.4, -0.2) is 30.6 Å². The third kappa shape index (κ3) is 3.44. The lowest BCUT2D eigenvalue weighted by Crippen LogP contribution is -2.37. The monoisotopic (exact) mass is 252 g/mol. The molecule has 1 heterocycles. The van der Waals surface area contributed by atoms with E-state index in [-0.39, 0.29) is 0 Å². The maximum atomic E-state index is 6.13. The van der Waals surface area contributed by atoms with Crippen molar-refractivity contribution in [2.75, 3.05) is 19.6 Å². The van der Waals surface area contributed by atoms with Gasteiger partial charge in [-0.05, 0) is 37.6 Å².